The Hall–Kier alpha value is -2.90. The molecule has 2 saturated heterocycles. The van der Waals surface area contributed by atoms with E-state index in [0.717, 1.165) is 60.9 Å². The van der Waals surface area contributed by atoms with E-state index in [-0.39, 0.29) is 12.5 Å². The van der Waals surface area contributed by atoms with Crippen LogP contribution in [0.25, 0.3) is 0 Å². The second-order valence-corrected chi connectivity index (χ2v) is 14.4. The van der Waals surface area contributed by atoms with E-state index in [1.54, 1.807) is 11.0 Å². The van der Waals surface area contributed by atoms with Crippen LogP contribution in [0.5, 0.6) is 0 Å². The van der Waals surface area contributed by atoms with Gasteiger partial charge in [-0.1, -0.05) is 36.4 Å². The highest BCUT2D eigenvalue weighted by molar-refractivity contribution is 5.77. The van der Waals surface area contributed by atoms with E-state index in [4.69, 9.17) is 9.47 Å². The van der Waals surface area contributed by atoms with Gasteiger partial charge in [-0.3, -0.25) is 9.59 Å². The predicted molar refractivity (Wildman–Crippen MR) is 175 cm³/mol. The smallest absolute Gasteiger partial charge is 0.225 e. The van der Waals surface area contributed by atoms with E-state index < -0.39 is 41.0 Å². The van der Waals surface area contributed by atoms with Crippen LogP contribution in [-0.2, 0) is 37.7 Å². The number of aliphatic hydroxyl groups is 4. The molecule has 0 spiro atoms. The fourth-order valence-corrected chi connectivity index (χ4v) is 7.05. The van der Waals surface area contributed by atoms with Crippen molar-refractivity contribution < 1.29 is 39.5 Å². The zero-order chi connectivity index (χ0) is 34.2. The number of ether oxygens (including phenoxy) is 2. The first-order chi connectivity index (χ1) is 22.2. The van der Waals surface area contributed by atoms with Crippen molar-refractivity contribution in [1.29, 1.82) is 0 Å². The fraction of sp³-hybridized carbons (Fsp3) is 0.611. The second kappa shape index (κ2) is 13.5. The summed E-state index contributed by atoms with van der Waals surface area (Å²) in [6, 6.07) is 13.8. The topological polar surface area (TPSA) is 152 Å². The third-order valence-electron chi connectivity index (χ3n) is 10.4. The average molecular weight is 654 g/mol. The predicted octanol–water partition coefficient (Wildman–Crippen LogP) is 1.73. The van der Waals surface area contributed by atoms with Gasteiger partial charge in [-0.05, 0) is 102 Å². The first-order valence-corrected chi connectivity index (χ1v) is 16.6. The summed E-state index contributed by atoms with van der Waals surface area (Å²) < 4.78 is 12.2. The maximum absolute atomic E-state index is 12.9. The lowest BCUT2D eigenvalue weighted by molar-refractivity contribution is -0.348. The van der Waals surface area contributed by atoms with Crippen molar-refractivity contribution in [2.24, 2.45) is 0 Å². The van der Waals surface area contributed by atoms with Crippen molar-refractivity contribution in [2.75, 3.05) is 33.8 Å². The number of aliphatic hydroxyl groups excluding tert-OH is 3. The number of carbonyl (C=O) groups excluding carboxylic acids is 2. The largest absolute Gasteiger partial charge is 0.387 e. The normalized spacial score (nSPS) is 28.2. The van der Waals surface area contributed by atoms with Crippen LogP contribution in [-0.4, -0.2) is 112 Å². The number of benzene rings is 2. The Kier molecular flexibility index (Phi) is 10.2. The van der Waals surface area contributed by atoms with Crippen molar-refractivity contribution in [2.45, 2.75) is 107 Å². The van der Waals surface area contributed by atoms with Crippen LogP contribution >= 0.6 is 0 Å². The Morgan fingerprint density at radius 1 is 1.04 bits per heavy atom. The van der Waals surface area contributed by atoms with E-state index in [0.29, 0.717) is 31.4 Å². The van der Waals surface area contributed by atoms with Gasteiger partial charge in [-0.15, -0.1) is 0 Å². The lowest BCUT2D eigenvalue weighted by atomic mass is 9.75. The van der Waals surface area contributed by atoms with Crippen molar-refractivity contribution in [1.82, 2.24) is 15.1 Å². The van der Waals surface area contributed by atoms with E-state index >= 15 is 0 Å². The molecule has 2 heterocycles. The molecule has 258 valence electrons. The van der Waals surface area contributed by atoms with E-state index in [1.807, 2.05) is 38.1 Å². The fourth-order valence-electron chi connectivity index (χ4n) is 7.05. The summed E-state index contributed by atoms with van der Waals surface area (Å²) in [4.78, 5) is 28.4. The van der Waals surface area contributed by atoms with Crippen LogP contribution in [0.2, 0.25) is 0 Å². The Bertz CT molecular complexity index is 1420. The molecule has 0 radical (unpaired) electrons. The lowest BCUT2D eigenvalue weighted by Gasteiger charge is -2.50. The number of fused-ring (bicyclic) bond motifs is 2. The molecule has 3 aliphatic rings. The molecular weight excluding hydrogens is 602 g/mol. The van der Waals surface area contributed by atoms with Crippen LogP contribution in [0.4, 0.5) is 0 Å². The van der Waals surface area contributed by atoms with E-state index in [1.165, 1.54) is 13.8 Å². The molecule has 2 aromatic rings. The monoisotopic (exact) mass is 653 g/mol. The molecule has 2 bridgehead atoms. The summed E-state index contributed by atoms with van der Waals surface area (Å²) in [5.74, 6) is -1.78. The van der Waals surface area contributed by atoms with Gasteiger partial charge in [-0.25, -0.2) is 0 Å². The van der Waals surface area contributed by atoms with Gasteiger partial charge in [0.2, 0.25) is 18.1 Å². The molecule has 2 amide bonds. The number of likely N-dealkylation sites (N-methyl/N-ethyl adjacent to an activating group) is 1. The molecule has 0 aromatic heterocycles. The maximum Gasteiger partial charge on any atom is 0.225 e. The van der Waals surface area contributed by atoms with E-state index in [2.05, 4.69) is 29.6 Å². The maximum atomic E-state index is 12.9. The standard InChI is InChI=1S/C36H51N3O8/c1-24-10-15-28(36-32(44)30(42)31(43)35(47-36,22-46-36)33(2,3)45)21-27(24)20-26-13-11-25(12-14-26)8-6-9-29(41)37-34(16-7-17-34)39(23-40)19-18-38(4)5/h10-15,21,23,30-32,42-45H,6-9,16-20,22H2,1-5H3,(H,37,41)/t30-,31-,32+,35-,36-/m0/s1. The van der Waals surface area contributed by atoms with Gasteiger partial charge in [0.25, 0.3) is 0 Å². The molecule has 47 heavy (non-hydrogen) atoms. The summed E-state index contributed by atoms with van der Waals surface area (Å²) in [6.07, 6.45) is 1.13. The van der Waals surface area contributed by atoms with Crippen molar-refractivity contribution >= 4 is 12.3 Å². The molecule has 5 rings (SSSR count). The highest BCUT2D eigenvalue weighted by Gasteiger charge is 2.71. The minimum atomic E-state index is -1.74. The van der Waals surface area contributed by atoms with E-state index in [9.17, 15) is 30.0 Å². The van der Waals surface area contributed by atoms with Crippen LogP contribution in [0, 0.1) is 6.92 Å². The number of rotatable bonds is 14. The quantitative estimate of drug-likeness (QED) is 0.152. The van der Waals surface area contributed by atoms with Gasteiger partial charge in [0, 0.05) is 25.1 Å². The van der Waals surface area contributed by atoms with Gasteiger partial charge in [0.15, 0.2) is 5.60 Å². The number of nitrogens with zero attached hydrogens (tertiary/aromatic N) is 2. The summed E-state index contributed by atoms with van der Waals surface area (Å²) in [6.45, 7) is 6.08. The second-order valence-electron chi connectivity index (χ2n) is 14.4. The number of amides is 2. The van der Waals surface area contributed by atoms with Gasteiger partial charge < -0.3 is 45.0 Å². The minimum Gasteiger partial charge on any atom is -0.387 e. The molecule has 1 aliphatic carbocycles. The number of aryl methyl sites for hydroxylation is 2. The van der Waals surface area contributed by atoms with Crippen molar-refractivity contribution in [3.8, 4) is 0 Å². The molecular formula is C36H51N3O8. The Balaban J connectivity index is 1.20. The van der Waals surface area contributed by atoms with Gasteiger partial charge in [0.1, 0.15) is 24.0 Å². The first kappa shape index (κ1) is 35.4. The number of hydrogen-bond acceptors (Lipinski definition) is 9. The summed E-state index contributed by atoms with van der Waals surface area (Å²) in [7, 11) is 3.93. The molecule has 5 atom stereocenters. The SMILES string of the molecule is Cc1ccc([C@]23OC[C@](C(C)(C)O)(O2)[C@@H](O)[C@H](O)[C@H]3O)cc1Cc1ccc(CCCC(=O)NC2(N(C=O)CCN(C)C)CCC2)cc1. The molecule has 2 aromatic carbocycles. The molecule has 0 unspecified atom stereocenters. The van der Waals surface area contributed by atoms with Crippen LogP contribution in [0.3, 0.4) is 0 Å². The average Bonchev–Trinajstić information content (AvgIpc) is 3.41. The van der Waals surface area contributed by atoms with Crippen LogP contribution < -0.4 is 5.32 Å². The Labute approximate surface area is 277 Å². The zero-order valence-corrected chi connectivity index (χ0v) is 28.2. The summed E-state index contributed by atoms with van der Waals surface area (Å²) >= 11 is 0. The highest BCUT2D eigenvalue weighted by Crippen LogP contribution is 2.53. The minimum absolute atomic E-state index is 0.0343. The van der Waals surface area contributed by atoms with Gasteiger partial charge >= 0.3 is 0 Å². The third kappa shape index (κ3) is 6.72. The molecule has 11 heteroatoms. The Morgan fingerprint density at radius 3 is 2.32 bits per heavy atom. The molecule has 5 N–H and O–H groups in total. The Morgan fingerprint density at radius 2 is 1.72 bits per heavy atom. The van der Waals surface area contributed by atoms with Gasteiger partial charge in [0.05, 0.1) is 12.2 Å². The van der Waals surface area contributed by atoms with Crippen molar-refractivity contribution in [3.63, 3.8) is 0 Å². The zero-order valence-electron chi connectivity index (χ0n) is 28.2. The number of hydrogen-bond donors (Lipinski definition) is 5. The molecule has 3 fully saturated rings. The molecule has 11 nitrogen and oxygen atoms in total. The van der Waals surface area contributed by atoms with Crippen molar-refractivity contribution in [3.05, 3.63) is 70.3 Å². The highest BCUT2D eigenvalue weighted by atomic mass is 16.8. The number of nitrogens with one attached hydrogen (secondary N) is 1. The summed E-state index contributed by atoms with van der Waals surface area (Å²) in [5.41, 5.74) is 0.953. The first-order valence-electron chi connectivity index (χ1n) is 16.6. The van der Waals surface area contributed by atoms with Crippen LogP contribution in [0.1, 0.15) is 73.8 Å². The van der Waals surface area contributed by atoms with Crippen LogP contribution in [0.15, 0.2) is 42.5 Å². The molecule has 1 saturated carbocycles. The van der Waals surface area contributed by atoms with Gasteiger partial charge in [-0.2, -0.15) is 0 Å². The third-order valence-corrected chi connectivity index (χ3v) is 10.4. The summed E-state index contributed by atoms with van der Waals surface area (Å²) in [5, 5.41) is 46.7. The number of carbonyl (C=O) groups is 2. The lowest BCUT2D eigenvalue weighted by Crippen LogP contribution is -2.70. The molecule has 2 aliphatic heterocycles.